The Morgan fingerprint density at radius 3 is 2.11 bits per heavy atom. The summed E-state index contributed by atoms with van der Waals surface area (Å²) >= 11 is 0. The number of fused-ring (bicyclic) bond motifs is 12. The minimum atomic E-state index is -0.0210. The standard InChI is InChI=1S/C45H31NO/c1-45(2)37-15-8-6-13-35(37)43-34-23-21-28-19-20-29-27-31(22-24-32(29)42(28)33(34)25-26-38(43)45)46(30-11-4-3-5-12-30)39-16-10-18-41-44(39)36-14-7-9-17-40(36)47-41/h3-27H,1-2H3. The SMILES string of the molecule is CC1(C)c2ccccc2-c2c1ccc1c2ccc2ccc3cc(N(c4ccccc4)c4cccc5oc6ccccc6c45)ccc3c21. The molecule has 1 aliphatic carbocycles. The predicted octanol–water partition coefficient (Wildman–Crippen LogP) is 12.8. The zero-order chi connectivity index (χ0) is 31.3. The largest absolute Gasteiger partial charge is 0.456 e. The quantitative estimate of drug-likeness (QED) is 0.187. The topological polar surface area (TPSA) is 16.4 Å². The number of hydrogen-bond acceptors (Lipinski definition) is 2. The molecule has 0 aliphatic heterocycles. The zero-order valence-corrected chi connectivity index (χ0v) is 26.3. The third kappa shape index (κ3) is 3.67. The van der Waals surface area contributed by atoms with Gasteiger partial charge in [-0.05, 0) is 97.0 Å². The van der Waals surface area contributed by atoms with Crippen LogP contribution >= 0.6 is 0 Å². The van der Waals surface area contributed by atoms with E-state index in [9.17, 15) is 0 Å². The van der Waals surface area contributed by atoms with Crippen LogP contribution in [0.25, 0.3) is 65.4 Å². The molecule has 2 heteroatoms. The summed E-state index contributed by atoms with van der Waals surface area (Å²) in [5.41, 5.74) is 10.6. The van der Waals surface area contributed by atoms with E-state index >= 15 is 0 Å². The molecule has 0 N–H and O–H groups in total. The highest BCUT2D eigenvalue weighted by Gasteiger charge is 2.36. The molecular weight excluding hydrogens is 571 g/mol. The molecule has 222 valence electrons. The number of para-hydroxylation sites is 2. The molecule has 1 aliphatic rings. The van der Waals surface area contributed by atoms with Crippen molar-refractivity contribution in [3.63, 3.8) is 0 Å². The van der Waals surface area contributed by atoms with E-state index in [4.69, 9.17) is 4.42 Å². The van der Waals surface area contributed by atoms with Crippen LogP contribution in [0.5, 0.6) is 0 Å². The van der Waals surface area contributed by atoms with Crippen LogP contribution in [0, 0.1) is 0 Å². The van der Waals surface area contributed by atoms with Gasteiger partial charge in [0.15, 0.2) is 0 Å². The zero-order valence-electron chi connectivity index (χ0n) is 26.3. The molecule has 2 nitrogen and oxygen atoms in total. The van der Waals surface area contributed by atoms with Crippen LogP contribution in [0.3, 0.4) is 0 Å². The van der Waals surface area contributed by atoms with Gasteiger partial charge in [-0.2, -0.15) is 0 Å². The van der Waals surface area contributed by atoms with Crippen LogP contribution in [0.4, 0.5) is 17.1 Å². The average molecular weight is 602 g/mol. The average Bonchev–Trinajstić information content (AvgIpc) is 3.61. The highest BCUT2D eigenvalue weighted by molar-refractivity contribution is 6.23. The van der Waals surface area contributed by atoms with Crippen molar-refractivity contribution in [2.45, 2.75) is 19.3 Å². The number of anilines is 3. The van der Waals surface area contributed by atoms with Gasteiger partial charge in [0.1, 0.15) is 11.2 Å². The minimum Gasteiger partial charge on any atom is -0.456 e. The maximum absolute atomic E-state index is 6.31. The van der Waals surface area contributed by atoms with Crippen molar-refractivity contribution < 1.29 is 4.42 Å². The van der Waals surface area contributed by atoms with Crippen molar-refractivity contribution in [1.82, 2.24) is 0 Å². The van der Waals surface area contributed by atoms with Crippen LogP contribution in [0.2, 0.25) is 0 Å². The van der Waals surface area contributed by atoms with Crippen molar-refractivity contribution in [2.75, 3.05) is 4.90 Å². The van der Waals surface area contributed by atoms with Crippen LogP contribution in [0.15, 0.2) is 156 Å². The summed E-state index contributed by atoms with van der Waals surface area (Å²) < 4.78 is 6.31. The van der Waals surface area contributed by atoms with E-state index in [0.29, 0.717) is 0 Å². The highest BCUT2D eigenvalue weighted by Crippen LogP contribution is 2.52. The molecule has 0 saturated carbocycles. The Labute approximate surface area is 273 Å². The molecule has 9 aromatic rings. The van der Waals surface area contributed by atoms with E-state index < -0.39 is 0 Å². The Morgan fingerprint density at radius 2 is 1.19 bits per heavy atom. The molecule has 0 bridgehead atoms. The van der Waals surface area contributed by atoms with Gasteiger partial charge in [-0.1, -0.05) is 123 Å². The third-order valence-electron chi connectivity index (χ3n) is 10.4. The molecule has 0 amide bonds. The van der Waals surface area contributed by atoms with Crippen molar-refractivity contribution in [3.8, 4) is 11.1 Å². The smallest absolute Gasteiger partial charge is 0.137 e. The summed E-state index contributed by atoms with van der Waals surface area (Å²) in [5.74, 6) is 0. The summed E-state index contributed by atoms with van der Waals surface area (Å²) in [6.45, 7) is 4.71. The molecule has 8 aromatic carbocycles. The summed E-state index contributed by atoms with van der Waals surface area (Å²) in [6, 6.07) is 55.1. The molecule has 1 heterocycles. The summed E-state index contributed by atoms with van der Waals surface area (Å²) in [7, 11) is 0. The molecule has 10 rings (SSSR count). The second kappa shape index (κ2) is 9.57. The third-order valence-corrected chi connectivity index (χ3v) is 10.4. The number of rotatable bonds is 3. The van der Waals surface area contributed by atoms with E-state index in [1.807, 2.05) is 12.1 Å². The highest BCUT2D eigenvalue weighted by atomic mass is 16.3. The molecule has 1 aromatic heterocycles. The minimum absolute atomic E-state index is 0.0210. The lowest BCUT2D eigenvalue weighted by atomic mass is 9.82. The maximum atomic E-state index is 6.31. The molecule has 47 heavy (non-hydrogen) atoms. The predicted molar refractivity (Wildman–Crippen MR) is 198 cm³/mol. The van der Waals surface area contributed by atoms with Crippen LogP contribution < -0.4 is 4.90 Å². The fourth-order valence-corrected chi connectivity index (χ4v) is 8.25. The second-order valence-corrected chi connectivity index (χ2v) is 13.3. The Morgan fingerprint density at radius 1 is 0.468 bits per heavy atom. The molecular formula is C45H31NO. The van der Waals surface area contributed by atoms with Crippen molar-refractivity contribution in [3.05, 3.63) is 163 Å². The van der Waals surface area contributed by atoms with Crippen molar-refractivity contribution in [2.24, 2.45) is 0 Å². The Hall–Kier alpha value is -5.86. The lowest BCUT2D eigenvalue weighted by Gasteiger charge is -2.26. The van der Waals surface area contributed by atoms with Gasteiger partial charge in [0, 0.05) is 22.2 Å². The first-order valence-electron chi connectivity index (χ1n) is 16.4. The first-order valence-corrected chi connectivity index (χ1v) is 16.4. The van der Waals surface area contributed by atoms with Crippen LogP contribution in [-0.4, -0.2) is 0 Å². The van der Waals surface area contributed by atoms with Gasteiger partial charge in [0.2, 0.25) is 0 Å². The number of hydrogen-bond donors (Lipinski definition) is 0. The monoisotopic (exact) mass is 601 g/mol. The molecule has 0 saturated heterocycles. The number of furan rings is 1. The molecule has 0 atom stereocenters. The van der Waals surface area contributed by atoms with E-state index in [1.165, 1.54) is 54.6 Å². The van der Waals surface area contributed by atoms with Gasteiger partial charge < -0.3 is 9.32 Å². The first-order chi connectivity index (χ1) is 23.1. The molecule has 0 unspecified atom stereocenters. The Balaban J connectivity index is 1.22. The van der Waals surface area contributed by atoms with Gasteiger partial charge in [-0.25, -0.2) is 0 Å². The summed E-state index contributed by atoms with van der Waals surface area (Å²) in [5, 5.41) is 9.93. The van der Waals surface area contributed by atoms with Crippen LogP contribution in [-0.2, 0) is 5.41 Å². The van der Waals surface area contributed by atoms with Gasteiger partial charge in [-0.15, -0.1) is 0 Å². The summed E-state index contributed by atoms with van der Waals surface area (Å²) in [4.78, 5) is 2.36. The van der Waals surface area contributed by atoms with Crippen molar-refractivity contribution in [1.29, 1.82) is 0 Å². The maximum Gasteiger partial charge on any atom is 0.137 e. The fourth-order valence-electron chi connectivity index (χ4n) is 8.25. The first kappa shape index (κ1) is 26.4. The summed E-state index contributed by atoms with van der Waals surface area (Å²) in [6.07, 6.45) is 0. The van der Waals surface area contributed by atoms with E-state index in [1.54, 1.807) is 0 Å². The van der Waals surface area contributed by atoms with E-state index in [-0.39, 0.29) is 5.41 Å². The second-order valence-electron chi connectivity index (χ2n) is 13.3. The van der Waals surface area contributed by atoms with Gasteiger partial charge in [0.05, 0.1) is 11.1 Å². The number of nitrogens with zero attached hydrogens (tertiary/aromatic N) is 1. The van der Waals surface area contributed by atoms with Crippen LogP contribution in [0.1, 0.15) is 25.0 Å². The fraction of sp³-hybridized carbons (Fsp3) is 0.0667. The molecule has 0 fully saturated rings. The molecule has 0 radical (unpaired) electrons. The Kier molecular flexibility index (Phi) is 5.37. The normalized spacial score (nSPS) is 13.5. The lowest BCUT2D eigenvalue weighted by Crippen LogP contribution is -2.14. The van der Waals surface area contributed by atoms with Gasteiger partial charge in [0.25, 0.3) is 0 Å². The Bertz CT molecular complexity index is 2720. The van der Waals surface area contributed by atoms with Gasteiger partial charge >= 0.3 is 0 Å². The van der Waals surface area contributed by atoms with E-state index in [0.717, 1.165) is 39.0 Å². The number of benzene rings is 8. The van der Waals surface area contributed by atoms with E-state index in [2.05, 4.69) is 158 Å². The molecule has 0 spiro atoms. The van der Waals surface area contributed by atoms with Crippen molar-refractivity contribution >= 4 is 71.3 Å². The van der Waals surface area contributed by atoms with Gasteiger partial charge in [-0.3, -0.25) is 0 Å². The lowest BCUT2D eigenvalue weighted by molar-refractivity contribution is 0.661.